The first kappa shape index (κ1) is 17.9. The van der Waals surface area contributed by atoms with Gasteiger partial charge in [0.05, 0.1) is 44.8 Å². The molecular weight excluding hydrogens is 274 g/mol. The lowest BCUT2D eigenvalue weighted by Gasteiger charge is -2.35. The zero-order valence-electron chi connectivity index (χ0n) is 13.2. The van der Waals surface area contributed by atoms with Crippen LogP contribution >= 0.6 is 0 Å². The van der Waals surface area contributed by atoms with Gasteiger partial charge in [-0.2, -0.15) is 0 Å². The highest BCUT2D eigenvalue weighted by Gasteiger charge is 2.28. The molecule has 1 rings (SSSR count). The standard InChI is InChI=1S/C15H27NO5/c1-11(2)8-12(3)21-6-4-14(17)16-5-7-20-10-13(16)9-15(18)19/h11-13H,4-10H2,1-3H3,(H,18,19). The average Bonchev–Trinajstić information content (AvgIpc) is 2.37. The first-order chi connectivity index (χ1) is 9.90. The van der Waals surface area contributed by atoms with E-state index in [1.165, 1.54) is 0 Å². The van der Waals surface area contributed by atoms with Gasteiger partial charge in [-0.25, -0.2) is 0 Å². The van der Waals surface area contributed by atoms with E-state index in [4.69, 9.17) is 14.6 Å². The molecule has 0 aromatic rings. The van der Waals surface area contributed by atoms with Crippen molar-refractivity contribution in [1.29, 1.82) is 0 Å². The van der Waals surface area contributed by atoms with Gasteiger partial charge >= 0.3 is 5.97 Å². The molecule has 1 amide bonds. The molecule has 0 aromatic heterocycles. The highest BCUT2D eigenvalue weighted by atomic mass is 16.5. The van der Waals surface area contributed by atoms with Crippen molar-refractivity contribution in [2.45, 2.75) is 52.2 Å². The van der Waals surface area contributed by atoms with Gasteiger partial charge in [0.2, 0.25) is 5.91 Å². The fourth-order valence-corrected chi connectivity index (χ4v) is 2.58. The number of carboxylic acid groups (broad SMARTS) is 1. The molecule has 0 spiro atoms. The molecule has 1 heterocycles. The molecule has 21 heavy (non-hydrogen) atoms. The van der Waals surface area contributed by atoms with Crippen molar-refractivity contribution >= 4 is 11.9 Å². The third-order valence-electron chi connectivity index (χ3n) is 3.48. The van der Waals surface area contributed by atoms with E-state index in [0.717, 1.165) is 6.42 Å². The van der Waals surface area contributed by atoms with E-state index in [1.54, 1.807) is 4.90 Å². The second-order valence-electron chi connectivity index (χ2n) is 5.97. The molecule has 0 radical (unpaired) electrons. The number of ether oxygens (including phenoxy) is 2. The van der Waals surface area contributed by atoms with Gasteiger partial charge in [0.1, 0.15) is 0 Å². The Morgan fingerprint density at radius 3 is 2.71 bits per heavy atom. The molecule has 1 aliphatic rings. The van der Waals surface area contributed by atoms with Gasteiger partial charge in [0.15, 0.2) is 0 Å². The van der Waals surface area contributed by atoms with Crippen LogP contribution in [0.1, 0.15) is 40.0 Å². The third-order valence-corrected chi connectivity index (χ3v) is 3.48. The number of nitrogens with zero attached hydrogens (tertiary/aromatic N) is 1. The van der Waals surface area contributed by atoms with Crippen molar-refractivity contribution in [3.63, 3.8) is 0 Å². The summed E-state index contributed by atoms with van der Waals surface area (Å²) in [6.07, 6.45) is 1.32. The van der Waals surface area contributed by atoms with Gasteiger partial charge in [-0.15, -0.1) is 0 Å². The predicted molar refractivity (Wildman–Crippen MR) is 78.1 cm³/mol. The summed E-state index contributed by atoms with van der Waals surface area (Å²) in [5.74, 6) is -0.402. The first-order valence-corrected chi connectivity index (χ1v) is 7.60. The Bertz CT molecular complexity index is 345. The molecular formula is C15H27NO5. The molecule has 0 saturated carbocycles. The summed E-state index contributed by atoms with van der Waals surface area (Å²) in [5, 5.41) is 8.88. The summed E-state index contributed by atoms with van der Waals surface area (Å²) in [6, 6.07) is -0.364. The van der Waals surface area contributed by atoms with Crippen LogP contribution in [0.3, 0.4) is 0 Å². The minimum Gasteiger partial charge on any atom is -0.481 e. The Hall–Kier alpha value is -1.14. The van der Waals surface area contributed by atoms with Crippen molar-refractivity contribution in [1.82, 2.24) is 4.90 Å². The number of hydrogen-bond donors (Lipinski definition) is 1. The Kier molecular flexibility index (Phi) is 7.67. The fourth-order valence-electron chi connectivity index (χ4n) is 2.58. The number of amides is 1. The van der Waals surface area contributed by atoms with Crippen molar-refractivity contribution in [3.05, 3.63) is 0 Å². The third kappa shape index (κ3) is 6.91. The summed E-state index contributed by atoms with van der Waals surface area (Å²) in [5.41, 5.74) is 0. The van der Waals surface area contributed by atoms with Crippen LogP contribution in [-0.4, -0.2) is 60.4 Å². The molecule has 0 bridgehead atoms. The second-order valence-corrected chi connectivity index (χ2v) is 5.97. The van der Waals surface area contributed by atoms with E-state index < -0.39 is 5.97 Å². The van der Waals surface area contributed by atoms with Crippen LogP contribution in [0.2, 0.25) is 0 Å². The molecule has 0 aromatic carbocycles. The van der Waals surface area contributed by atoms with Gasteiger partial charge in [-0.1, -0.05) is 13.8 Å². The molecule has 1 fully saturated rings. The maximum Gasteiger partial charge on any atom is 0.305 e. The molecule has 1 saturated heterocycles. The molecule has 122 valence electrons. The molecule has 2 unspecified atom stereocenters. The highest BCUT2D eigenvalue weighted by molar-refractivity contribution is 5.78. The Labute approximate surface area is 126 Å². The van der Waals surface area contributed by atoms with E-state index in [0.29, 0.717) is 38.7 Å². The Balaban J connectivity index is 2.36. The number of hydrogen-bond acceptors (Lipinski definition) is 4. The summed E-state index contributed by atoms with van der Waals surface area (Å²) in [7, 11) is 0. The second kappa shape index (κ2) is 9.00. The van der Waals surface area contributed by atoms with Crippen molar-refractivity contribution in [2.24, 2.45) is 5.92 Å². The maximum atomic E-state index is 12.2. The molecule has 0 aliphatic carbocycles. The van der Waals surface area contributed by atoms with E-state index >= 15 is 0 Å². The van der Waals surface area contributed by atoms with Gasteiger partial charge in [0, 0.05) is 6.54 Å². The van der Waals surface area contributed by atoms with Crippen LogP contribution in [0, 0.1) is 5.92 Å². The summed E-state index contributed by atoms with van der Waals surface area (Å²) in [6.45, 7) is 7.87. The first-order valence-electron chi connectivity index (χ1n) is 7.60. The van der Waals surface area contributed by atoms with Crippen LogP contribution in [0.15, 0.2) is 0 Å². The maximum absolute atomic E-state index is 12.2. The van der Waals surface area contributed by atoms with Gasteiger partial charge < -0.3 is 19.5 Å². The minimum absolute atomic E-state index is 0.0544. The van der Waals surface area contributed by atoms with E-state index in [9.17, 15) is 9.59 Å². The quantitative estimate of drug-likeness (QED) is 0.736. The SMILES string of the molecule is CC(C)CC(C)OCCC(=O)N1CCOCC1CC(=O)O. The van der Waals surface area contributed by atoms with Gasteiger partial charge in [-0.3, -0.25) is 9.59 Å². The van der Waals surface area contributed by atoms with Crippen LogP contribution < -0.4 is 0 Å². The van der Waals surface area contributed by atoms with E-state index in [2.05, 4.69) is 13.8 Å². The molecule has 1 aliphatic heterocycles. The minimum atomic E-state index is -0.912. The van der Waals surface area contributed by atoms with Crippen LogP contribution in [-0.2, 0) is 19.1 Å². The molecule has 6 nitrogen and oxygen atoms in total. The van der Waals surface area contributed by atoms with Crippen LogP contribution in [0.5, 0.6) is 0 Å². The largest absolute Gasteiger partial charge is 0.481 e. The van der Waals surface area contributed by atoms with Gasteiger partial charge in [0.25, 0.3) is 0 Å². The van der Waals surface area contributed by atoms with Gasteiger partial charge in [-0.05, 0) is 19.3 Å². The number of morpholine rings is 1. The number of carbonyl (C=O) groups excluding carboxylic acids is 1. The van der Waals surface area contributed by atoms with E-state index in [-0.39, 0.29) is 24.5 Å². The van der Waals surface area contributed by atoms with Crippen LogP contribution in [0.25, 0.3) is 0 Å². The topological polar surface area (TPSA) is 76.1 Å². The zero-order chi connectivity index (χ0) is 15.8. The summed E-state index contributed by atoms with van der Waals surface area (Å²) in [4.78, 5) is 24.6. The monoisotopic (exact) mass is 301 g/mol. The van der Waals surface area contributed by atoms with Crippen molar-refractivity contribution in [3.8, 4) is 0 Å². The average molecular weight is 301 g/mol. The molecule has 1 N–H and O–H groups in total. The number of rotatable bonds is 8. The van der Waals surface area contributed by atoms with Crippen LogP contribution in [0.4, 0.5) is 0 Å². The number of carbonyl (C=O) groups is 2. The fraction of sp³-hybridized carbons (Fsp3) is 0.867. The highest BCUT2D eigenvalue weighted by Crippen LogP contribution is 2.13. The lowest BCUT2D eigenvalue weighted by molar-refractivity contribution is -0.147. The Morgan fingerprint density at radius 2 is 2.10 bits per heavy atom. The van der Waals surface area contributed by atoms with Crippen molar-refractivity contribution < 1.29 is 24.2 Å². The normalized spacial score (nSPS) is 20.6. The summed E-state index contributed by atoms with van der Waals surface area (Å²) < 4.78 is 10.9. The smallest absolute Gasteiger partial charge is 0.305 e. The number of carboxylic acids is 1. The number of aliphatic carboxylic acids is 1. The molecule has 2 atom stereocenters. The molecule has 6 heteroatoms. The zero-order valence-corrected chi connectivity index (χ0v) is 13.2. The van der Waals surface area contributed by atoms with Crippen molar-refractivity contribution in [2.75, 3.05) is 26.4 Å². The lowest BCUT2D eigenvalue weighted by atomic mass is 10.1. The lowest BCUT2D eigenvalue weighted by Crippen LogP contribution is -2.49. The Morgan fingerprint density at radius 1 is 1.38 bits per heavy atom. The summed E-state index contributed by atoms with van der Waals surface area (Å²) >= 11 is 0. The predicted octanol–water partition coefficient (Wildman–Crippen LogP) is 1.53. The van der Waals surface area contributed by atoms with E-state index in [1.807, 2.05) is 6.92 Å².